The zero-order valence-corrected chi connectivity index (χ0v) is 11.5. The maximum Gasteiger partial charge on any atom is 0.264 e. The number of nitrogen functional groups attached to an aromatic ring is 1. The van der Waals surface area contributed by atoms with E-state index in [0.717, 1.165) is 24.3 Å². The van der Waals surface area contributed by atoms with Gasteiger partial charge in [0.25, 0.3) is 10.0 Å². The molecule has 0 radical (unpaired) electrons. The summed E-state index contributed by atoms with van der Waals surface area (Å²) in [5, 5.41) is 0.121. The minimum atomic E-state index is -4.20. The van der Waals surface area contributed by atoms with Crippen LogP contribution in [-0.4, -0.2) is 8.42 Å². The van der Waals surface area contributed by atoms with E-state index in [1.165, 1.54) is 12.1 Å². The van der Waals surface area contributed by atoms with Gasteiger partial charge in [-0.1, -0.05) is 17.7 Å². The Bertz CT molecular complexity index is 766. The van der Waals surface area contributed by atoms with Crippen molar-refractivity contribution >= 4 is 33.0 Å². The first kappa shape index (κ1) is 14.5. The van der Waals surface area contributed by atoms with E-state index in [2.05, 4.69) is 0 Å². The summed E-state index contributed by atoms with van der Waals surface area (Å²) in [5.74, 6) is -1.72. The van der Waals surface area contributed by atoms with Crippen LogP contribution in [0.25, 0.3) is 0 Å². The molecule has 0 saturated heterocycles. The van der Waals surface area contributed by atoms with Crippen LogP contribution in [0.2, 0.25) is 5.02 Å². The zero-order valence-electron chi connectivity index (χ0n) is 9.90. The van der Waals surface area contributed by atoms with Gasteiger partial charge in [0.2, 0.25) is 0 Å². The van der Waals surface area contributed by atoms with E-state index < -0.39 is 32.2 Å². The smallest absolute Gasteiger partial charge is 0.264 e. The van der Waals surface area contributed by atoms with Crippen LogP contribution in [-0.2, 0) is 10.0 Å². The fourth-order valence-corrected chi connectivity index (χ4v) is 2.89. The third kappa shape index (κ3) is 2.83. The highest BCUT2D eigenvalue weighted by Crippen LogP contribution is 2.26. The van der Waals surface area contributed by atoms with Gasteiger partial charge in [-0.2, -0.15) is 0 Å². The lowest BCUT2D eigenvalue weighted by Crippen LogP contribution is -2.16. The first-order valence-electron chi connectivity index (χ1n) is 5.33. The lowest BCUT2D eigenvalue weighted by molar-refractivity contribution is 0.595. The molecule has 0 aromatic heterocycles. The largest absolute Gasteiger partial charge is 0.395 e. The zero-order chi connectivity index (χ0) is 14.9. The van der Waals surface area contributed by atoms with Gasteiger partial charge in [-0.15, -0.1) is 0 Å². The topological polar surface area (TPSA) is 72.2 Å². The summed E-state index contributed by atoms with van der Waals surface area (Å²) < 4.78 is 52.9. The van der Waals surface area contributed by atoms with Crippen molar-refractivity contribution in [3.05, 3.63) is 53.1 Å². The molecule has 106 valence electrons. The Kier molecular flexibility index (Phi) is 3.82. The second-order valence-electron chi connectivity index (χ2n) is 3.88. The van der Waals surface area contributed by atoms with Crippen molar-refractivity contribution in [2.75, 3.05) is 10.5 Å². The van der Waals surface area contributed by atoms with Crippen LogP contribution in [0, 0.1) is 11.6 Å². The highest BCUT2D eigenvalue weighted by molar-refractivity contribution is 7.92. The Balaban J connectivity index is 2.44. The van der Waals surface area contributed by atoms with Crippen LogP contribution in [0.3, 0.4) is 0 Å². The molecule has 2 aromatic rings. The summed E-state index contributed by atoms with van der Waals surface area (Å²) in [6.45, 7) is 0. The lowest BCUT2D eigenvalue weighted by Gasteiger charge is -2.11. The molecule has 0 bridgehead atoms. The molecule has 20 heavy (non-hydrogen) atoms. The van der Waals surface area contributed by atoms with Gasteiger partial charge in [-0.05, 0) is 30.3 Å². The maximum atomic E-state index is 13.6. The van der Waals surface area contributed by atoms with Gasteiger partial charge in [0, 0.05) is 5.02 Å². The molecule has 2 rings (SSSR count). The molecule has 4 nitrogen and oxygen atoms in total. The highest BCUT2D eigenvalue weighted by Gasteiger charge is 2.20. The van der Waals surface area contributed by atoms with Gasteiger partial charge < -0.3 is 5.73 Å². The molecule has 3 N–H and O–H groups in total. The molecular weight excluding hydrogens is 310 g/mol. The van der Waals surface area contributed by atoms with Crippen molar-refractivity contribution in [3.63, 3.8) is 0 Å². The number of sulfonamides is 1. The number of nitrogens with one attached hydrogen (secondary N) is 1. The van der Waals surface area contributed by atoms with Crippen LogP contribution < -0.4 is 10.5 Å². The molecule has 0 aliphatic heterocycles. The van der Waals surface area contributed by atoms with E-state index in [0.29, 0.717) is 0 Å². The third-order valence-corrected chi connectivity index (χ3v) is 4.14. The second kappa shape index (κ2) is 5.26. The van der Waals surface area contributed by atoms with E-state index in [1.54, 1.807) is 0 Å². The summed E-state index contributed by atoms with van der Waals surface area (Å²) >= 11 is 5.56. The van der Waals surface area contributed by atoms with Gasteiger partial charge in [-0.3, -0.25) is 4.72 Å². The Labute approximate surface area is 119 Å². The molecular formula is C12H9ClF2N2O2S. The van der Waals surface area contributed by atoms with Crippen LogP contribution in [0.5, 0.6) is 0 Å². The predicted molar refractivity (Wildman–Crippen MR) is 73.0 cm³/mol. The van der Waals surface area contributed by atoms with Crippen LogP contribution >= 0.6 is 11.6 Å². The van der Waals surface area contributed by atoms with Gasteiger partial charge in [0.1, 0.15) is 16.5 Å². The predicted octanol–water partition coefficient (Wildman–Crippen LogP) is 3.00. The summed E-state index contributed by atoms with van der Waals surface area (Å²) in [7, 11) is -4.20. The molecule has 0 amide bonds. The minimum Gasteiger partial charge on any atom is -0.395 e. The molecule has 8 heteroatoms. The fourth-order valence-electron chi connectivity index (χ4n) is 1.52. The van der Waals surface area contributed by atoms with Crippen molar-refractivity contribution in [2.24, 2.45) is 0 Å². The number of hydrogen-bond acceptors (Lipinski definition) is 3. The highest BCUT2D eigenvalue weighted by atomic mass is 35.5. The number of anilines is 2. The Hall–Kier alpha value is -1.86. The van der Waals surface area contributed by atoms with Gasteiger partial charge in [-0.25, -0.2) is 17.2 Å². The van der Waals surface area contributed by atoms with Gasteiger partial charge in [0.15, 0.2) is 0 Å². The van der Waals surface area contributed by atoms with Crippen molar-refractivity contribution in [2.45, 2.75) is 4.90 Å². The SMILES string of the molecule is Nc1c(F)cccc1S(=O)(=O)Nc1ccc(Cl)cc1F. The first-order chi connectivity index (χ1) is 9.31. The summed E-state index contributed by atoms with van der Waals surface area (Å²) in [6, 6.07) is 6.76. The standard InChI is InChI=1S/C12H9ClF2N2O2S/c13-7-4-5-10(9(15)6-7)17-20(18,19)11-3-1-2-8(14)12(11)16/h1-6,17H,16H2. The van der Waals surface area contributed by atoms with Crippen molar-refractivity contribution < 1.29 is 17.2 Å². The summed E-state index contributed by atoms with van der Waals surface area (Å²) in [6.07, 6.45) is 0. The van der Waals surface area contributed by atoms with E-state index in [-0.39, 0.29) is 10.7 Å². The fraction of sp³-hybridized carbons (Fsp3) is 0. The molecule has 0 heterocycles. The Morgan fingerprint density at radius 3 is 2.45 bits per heavy atom. The summed E-state index contributed by atoms with van der Waals surface area (Å²) in [5.41, 5.74) is 4.54. The van der Waals surface area contributed by atoms with Gasteiger partial charge in [0.05, 0.1) is 11.4 Å². The van der Waals surface area contributed by atoms with Crippen LogP contribution in [0.1, 0.15) is 0 Å². The monoisotopic (exact) mass is 318 g/mol. The van der Waals surface area contributed by atoms with Crippen molar-refractivity contribution in [3.8, 4) is 0 Å². The van der Waals surface area contributed by atoms with Crippen LogP contribution in [0.15, 0.2) is 41.3 Å². The molecule has 0 aliphatic rings. The number of para-hydroxylation sites is 1. The maximum absolute atomic E-state index is 13.6. The normalized spacial score (nSPS) is 11.3. The van der Waals surface area contributed by atoms with Crippen molar-refractivity contribution in [1.82, 2.24) is 0 Å². The van der Waals surface area contributed by atoms with Crippen molar-refractivity contribution in [1.29, 1.82) is 0 Å². The van der Waals surface area contributed by atoms with Crippen LogP contribution in [0.4, 0.5) is 20.2 Å². The number of halogens is 3. The molecule has 0 aliphatic carbocycles. The Morgan fingerprint density at radius 2 is 1.80 bits per heavy atom. The lowest BCUT2D eigenvalue weighted by atomic mass is 10.3. The Morgan fingerprint density at radius 1 is 1.10 bits per heavy atom. The average Bonchev–Trinajstić information content (AvgIpc) is 2.36. The average molecular weight is 319 g/mol. The minimum absolute atomic E-state index is 0.121. The van der Waals surface area contributed by atoms with E-state index in [1.807, 2.05) is 4.72 Å². The molecule has 0 unspecified atom stereocenters. The number of benzene rings is 2. The van der Waals surface area contributed by atoms with E-state index in [9.17, 15) is 17.2 Å². The molecule has 0 atom stereocenters. The quantitative estimate of drug-likeness (QED) is 0.854. The second-order valence-corrected chi connectivity index (χ2v) is 5.97. The molecule has 2 aromatic carbocycles. The van der Waals surface area contributed by atoms with E-state index >= 15 is 0 Å². The molecule has 0 fully saturated rings. The third-order valence-electron chi connectivity index (χ3n) is 2.48. The van der Waals surface area contributed by atoms with E-state index in [4.69, 9.17) is 17.3 Å². The first-order valence-corrected chi connectivity index (χ1v) is 7.19. The summed E-state index contributed by atoms with van der Waals surface area (Å²) in [4.78, 5) is -0.466. The number of hydrogen-bond donors (Lipinski definition) is 2. The number of nitrogens with two attached hydrogens (primary N) is 1. The van der Waals surface area contributed by atoms with Gasteiger partial charge >= 0.3 is 0 Å². The molecule has 0 spiro atoms. The number of rotatable bonds is 3. The molecule has 0 saturated carbocycles.